The van der Waals surface area contributed by atoms with Gasteiger partial charge in [0.05, 0.1) is 5.70 Å². The molecule has 0 saturated heterocycles. The van der Waals surface area contributed by atoms with Crippen LogP contribution >= 0.6 is 0 Å². The second kappa shape index (κ2) is 6.84. The molecule has 2 heterocycles. The molecule has 0 aromatic heterocycles. The summed E-state index contributed by atoms with van der Waals surface area (Å²) in [5.74, 6) is 3.34. The highest BCUT2D eigenvalue weighted by atomic mass is 16.5. The maximum Gasteiger partial charge on any atom is 0.146 e. The molecule has 1 aromatic rings. The monoisotopic (exact) mass is 285 g/mol. The molecule has 3 unspecified atom stereocenters. The van der Waals surface area contributed by atoms with E-state index in [4.69, 9.17) is 4.74 Å². The Kier molecular flexibility index (Phi) is 5.11. The summed E-state index contributed by atoms with van der Waals surface area (Å²) in [5, 5.41) is 3.55. The van der Waals surface area contributed by atoms with Gasteiger partial charge in [0.2, 0.25) is 0 Å². The van der Waals surface area contributed by atoms with E-state index < -0.39 is 0 Å². The number of allylic oxidation sites excluding steroid dienone is 2. The van der Waals surface area contributed by atoms with Crippen LogP contribution in [0.5, 0.6) is 5.75 Å². The third-order valence-corrected chi connectivity index (χ3v) is 3.88. The molecule has 1 saturated carbocycles. The van der Waals surface area contributed by atoms with E-state index >= 15 is 0 Å². The highest BCUT2D eigenvalue weighted by Gasteiger charge is 2.46. The van der Waals surface area contributed by atoms with Crippen LogP contribution in [0, 0.1) is 5.92 Å². The van der Waals surface area contributed by atoms with Gasteiger partial charge in [-0.15, -0.1) is 0 Å². The van der Waals surface area contributed by atoms with Crippen LogP contribution in [0.3, 0.4) is 0 Å². The van der Waals surface area contributed by atoms with E-state index in [0.29, 0.717) is 17.9 Å². The first-order chi connectivity index (χ1) is 10.3. The number of hydrogen-bond acceptors (Lipinski definition) is 2. The Morgan fingerprint density at radius 3 is 2.52 bits per heavy atom. The quantitative estimate of drug-likeness (QED) is 0.724. The maximum atomic E-state index is 6.04. The minimum atomic E-state index is 0.416. The molecule has 2 nitrogen and oxygen atoms in total. The number of nitrogens with one attached hydrogen (secondary N) is 1. The minimum Gasteiger partial charge on any atom is -0.455 e. The van der Waals surface area contributed by atoms with Crippen LogP contribution in [-0.4, -0.2) is 6.04 Å². The van der Waals surface area contributed by atoms with Crippen molar-refractivity contribution >= 4 is 0 Å². The summed E-state index contributed by atoms with van der Waals surface area (Å²) in [6, 6.07) is 8.84. The van der Waals surface area contributed by atoms with Gasteiger partial charge >= 0.3 is 0 Å². The van der Waals surface area contributed by atoms with Crippen molar-refractivity contribution in [3.63, 3.8) is 0 Å². The van der Waals surface area contributed by atoms with E-state index in [1.807, 2.05) is 33.8 Å². The van der Waals surface area contributed by atoms with Crippen LogP contribution in [0.1, 0.15) is 52.5 Å². The molecule has 0 amide bonds. The third-order valence-electron chi connectivity index (χ3n) is 3.88. The summed E-state index contributed by atoms with van der Waals surface area (Å²) in [4.78, 5) is 0. The van der Waals surface area contributed by atoms with Gasteiger partial charge in [-0.2, -0.15) is 0 Å². The second-order valence-electron chi connectivity index (χ2n) is 5.16. The van der Waals surface area contributed by atoms with Gasteiger partial charge in [-0.3, -0.25) is 0 Å². The van der Waals surface area contributed by atoms with Crippen molar-refractivity contribution in [1.82, 2.24) is 5.32 Å². The smallest absolute Gasteiger partial charge is 0.146 e. The molecule has 0 bridgehead atoms. The lowest BCUT2D eigenvalue weighted by atomic mass is 10.1. The Balaban J connectivity index is 0.000000374. The molecule has 21 heavy (non-hydrogen) atoms. The fraction of sp³-hybridized carbons (Fsp3) is 0.474. The Hall–Kier alpha value is -1.70. The van der Waals surface area contributed by atoms with Crippen LogP contribution in [0.25, 0.3) is 0 Å². The van der Waals surface area contributed by atoms with Crippen molar-refractivity contribution in [1.29, 1.82) is 0 Å². The van der Waals surface area contributed by atoms with E-state index in [9.17, 15) is 0 Å². The van der Waals surface area contributed by atoms with Crippen molar-refractivity contribution in [3.05, 3.63) is 53.4 Å². The highest BCUT2D eigenvalue weighted by molar-refractivity contribution is 5.48. The Morgan fingerprint density at radius 2 is 1.76 bits per heavy atom. The van der Waals surface area contributed by atoms with Crippen molar-refractivity contribution in [2.75, 3.05) is 0 Å². The first-order valence-electron chi connectivity index (χ1n) is 8.28. The summed E-state index contributed by atoms with van der Waals surface area (Å²) in [6.07, 6.45) is 5.53. The zero-order chi connectivity index (χ0) is 15.4. The fourth-order valence-corrected chi connectivity index (χ4v) is 2.92. The predicted octanol–water partition coefficient (Wildman–Crippen LogP) is 4.99. The summed E-state index contributed by atoms with van der Waals surface area (Å²) < 4.78 is 6.04. The average molecular weight is 285 g/mol. The molecule has 3 aliphatic rings. The molecular weight excluding hydrogens is 258 g/mol. The number of rotatable bonds is 0. The first kappa shape index (κ1) is 15.7. The molecule has 114 valence electrons. The van der Waals surface area contributed by atoms with Crippen molar-refractivity contribution < 1.29 is 4.74 Å². The zero-order valence-electron chi connectivity index (χ0n) is 13.8. The number of dihydropyridines is 1. The fourth-order valence-electron chi connectivity index (χ4n) is 2.92. The lowest BCUT2D eigenvalue weighted by Gasteiger charge is -2.21. The molecule has 1 aliphatic carbocycles. The SMILES string of the molecule is CC.CC.CC1C=CC2=C(N1)C1CC1c1ccccc1O2. The van der Waals surface area contributed by atoms with E-state index in [1.54, 1.807) is 0 Å². The van der Waals surface area contributed by atoms with Gasteiger partial charge in [-0.25, -0.2) is 0 Å². The van der Waals surface area contributed by atoms with Gasteiger partial charge in [0.1, 0.15) is 11.5 Å². The Morgan fingerprint density at radius 1 is 1.05 bits per heavy atom. The number of hydrogen-bond donors (Lipinski definition) is 1. The predicted molar refractivity (Wildman–Crippen MR) is 89.4 cm³/mol. The molecule has 2 heteroatoms. The van der Waals surface area contributed by atoms with Crippen LogP contribution in [-0.2, 0) is 0 Å². The summed E-state index contributed by atoms with van der Waals surface area (Å²) >= 11 is 0. The Labute approximate surface area is 128 Å². The zero-order valence-corrected chi connectivity index (χ0v) is 13.8. The van der Waals surface area contributed by atoms with Gasteiger partial charge in [0, 0.05) is 12.0 Å². The topological polar surface area (TPSA) is 21.3 Å². The molecule has 1 N–H and O–H groups in total. The molecular formula is C19H27NO. The van der Waals surface area contributed by atoms with Crippen molar-refractivity contribution in [2.45, 2.75) is 53.0 Å². The average Bonchev–Trinajstić information content (AvgIpc) is 3.34. The molecule has 4 rings (SSSR count). The molecule has 2 aliphatic heterocycles. The molecule has 0 spiro atoms. The van der Waals surface area contributed by atoms with Crippen LogP contribution in [0.2, 0.25) is 0 Å². The van der Waals surface area contributed by atoms with E-state index in [2.05, 4.69) is 42.6 Å². The van der Waals surface area contributed by atoms with E-state index in [-0.39, 0.29) is 0 Å². The molecule has 0 radical (unpaired) electrons. The van der Waals surface area contributed by atoms with Crippen LogP contribution in [0.4, 0.5) is 0 Å². The molecule has 1 fully saturated rings. The Bertz CT molecular complexity index is 544. The van der Waals surface area contributed by atoms with Gasteiger partial charge in [-0.05, 0) is 37.0 Å². The minimum absolute atomic E-state index is 0.416. The van der Waals surface area contributed by atoms with Gasteiger partial charge < -0.3 is 10.1 Å². The summed E-state index contributed by atoms with van der Waals surface area (Å²) in [7, 11) is 0. The van der Waals surface area contributed by atoms with E-state index in [0.717, 1.165) is 11.5 Å². The number of benzene rings is 1. The second-order valence-corrected chi connectivity index (χ2v) is 5.16. The van der Waals surface area contributed by atoms with Crippen molar-refractivity contribution in [3.8, 4) is 5.75 Å². The lowest BCUT2D eigenvalue weighted by Crippen LogP contribution is -2.29. The maximum absolute atomic E-state index is 6.04. The van der Waals surface area contributed by atoms with Gasteiger partial charge in [-0.1, -0.05) is 52.0 Å². The molecule has 1 aromatic carbocycles. The first-order valence-corrected chi connectivity index (χ1v) is 8.28. The van der Waals surface area contributed by atoms with Crippen LogP contribution < -0.4 is 10.1 Å². The van der Waals surface area contributed by atoms with Gasteiger partial charge in [0.25, 0.3) is 0 Å². The highest BCUT2D eigenvalue weighted by Crippen LogP contribution is 2.56. The van der Waals surface area contributed by atoms with Gasteiger partial charge in [0.15, 0.2) is 0 Å². The third kappa shape index (κ3) is 2.99. The number of ether oxygens (including phenoxy) is 1. The van der Waals surface area contributed by atoms with Crippen molar-refractivity contribution in [2.24, 2.45) is 5.92 Å². The van der Waals surface area contributed by atoms with E-state index in [1.165, 1.54) is 17.7 Å². The largest absolute Gasteiger partial charge is 0.455 e. The number of fused-ring (bicyclic) bond motifs is 4. The summed E-state index contributed by atoms with van der Waals surface area (Å²) in [6.45, 7) is 10.2. The molecule has 3 atom stereocenters. The normalized spacial score (nSPS) is 27.0. The van der Waals surface area contributed by atoms with Crippen LogP contribution in [0.15, 0.2) is 47.9 Å². The lowest BCUT2D eigenvalue weighted by molar-refractivity contribution is 0.420. The number of para-hydroxylation sites is 1. The summed E-state index contributed by atoms with van der Waals surface area (Å²) in [5.41, 5.74) is 2.68. The standard InChI is InChI=1S/C15H15NO.2C2H6/c1-9-6-7-14-15(16-9)12-8-11(12)10-4-2-3-5-13(10)17-14;2*1-2/h2-7,9,11-12,16H,8H2,1H3;2*1-2H3.